The smallest absolute Gasteiger partial charge is 0.334 e. The van der Waals surface area contributed by atoms with E-state index in [-0.39, 0.29) is 29.7 Å². The van der Waals surface area contributed by atoms with Crippen molar-refractivity contribution in [2.24, 2.45) is 5.92 Å². The Morgan fingerprint density at radius 2 is 2.18 bits per heavy atom. The van der Waals surface area contributed by atoms with Gasteiger partial charge in [0.05, 0.1) is 24.9 Å². The first-order valence-corrected chi connectivity index (χ1v) is 12.2. The Bertz CT molecular complexity index is 1320. The molecule has 0 saturated carbocycles. The van der Waals surface area contributed by atoms with Gasteiger partial charge in [-0.3, -0.25) is 0 Å². The number of allylic oxidation sites excluding steroid dienone is 2. The van der Waals surface area contributed by atoms with Gasteiger partial charge in [0.15, 0.2) is 0 Å². The molecule has 6 rings (SSSR count). The van der Waals surface area contributed by atoms with E-state index in [0.29, 0.717) is 18.7 Å². The maximum Gasteiger partial charge on any atom is 0.334 e. The predicted octanol–water partition coefficient (Wildman–Crippen LogP) is 4.69. The van der Waals surface area contributed by atoms with Gasteiger partial charge in [0.2, 0.25) is 0 Å². The van der Waals surface area contributed by atoms with Crippen LogP contribution in [0.25, 0.3) is 10.9 Å². The van der Waals surface area contributed by atoms with Crippen LogP contribution < -0.4 is 0 Å². The highest BCUT2D eigenvalue weighted by Gasteiger charge is 2.61. The summed E-state index contributed by atoms with van der Waals surface area (Å²) in [5, 5.41) is 10.6. The fourth-order valence-corrected chi connectivity index (χ4v) is 5.62. The molecule has 0 spiro atoms. The molecule has 0 bridgehead atoms. The Morgan fingerprint density at radius 3 is 3.06 bits per heavy atom. The van der Waals surface area contributed by atoms with Crippen LogP contribution >= 0.6 is 11.6 Å². The van der Waals surface area contributed by atoms with E-state index in [4.69, 9.17) is 21.1 Å². The van der Waals surface area contributed by atoms with Gasteiger partial charge in [0, 0.05) is 33.6 Å². The third-order valence-electron chi connectivity index (χ3n) is 7.46. The molecule has 1 aromatic carbocycles. The minimum absolute atomic E-state index is 0.00246. The van der Waals surface area contributed by atoms with E-state index in [1.54, 1.807) is 0 Å². The number of aromatic nitrogens is 4. The number of carbonyl (C=O) groups excluding carboxylic acids is 1. The van der Waals surface area contributed by atoms with Gasteiger partial charge in [0.1, 0.15) is 17.9 Å². The largest absolute Gasteiger partial charge is 0.455 e. The number of hydrogen-bond donors (Lipinski definition) is 0. The molecule has 2 aliphatic heterocycles. The summed E-state index contributed by atoms with van der Waals surface area (Å²) in [6.45, 7) is 7.44. The second-order valence-corrected chi connectivity index (χ2v) is 10.3. The molecule has 4 atom stereocenters. The maximum absolute atomic E-state index is 12.2. The van der Waals surface area contributed by atoms with Gasteiger partial charge < -0.3 is 14.0 Å². The number of benzene rings is 1. The average molecular weight is 479 g/mol. The molecule has 7 nitrogen and oxygen atoms in total. The highest BCUT2D eigenvalue weighted by atomic mass is 35.5. The van der Waals surface area contributed by atoms with E-state index < -0.39 is 0 Å². The van der Waals surface area contributed by atoms with Crippen molar-refractivity contribution in [1.29, 1.82) is 0 Å². The van der Waals surface area contributed by atoms with Crippen molar-refractivity contribution in [2.75, 3.05) is 0 Å². The molecular formula is C26H27ClN4O3. The lowest BCUT2D eigenvalue weighted by Gasteiger charge is -2.20. The van der Waals surface area contributed by atoms with E-state index in [1.807, 2.05) is 35.3 Å². The number of epoxide rings is 1. The molecule has 0 unspecified atom stereocenters. The van der Waals surface area contributed by atoms with Gasteiger partial charge in [-0.1, -0.05) is 35.0 Å². The Hall–Kier alpha value is -2.90. The number of nitrogens with zero attached hydrogens (tertiary/aromatic N) is 4. The molecule has 2 aromatic heterocycles. The summed E-state index contributed by atoms with van der Waals surface area (Å²) in [5.41, 5.74) is 3.65. The van der Waals surface area contributed by atoms with Crippen LogP contribution in [0.3, 0.4) is 0 Å². The fraction of sp³-hybridized carbons (Fsp3) is 0.423. The third-order valence-corrected chi connectivity index (χ3v) is 7.69. The summed E-state index contributed by atoms with van der Waals surface area (Å²) in [5.74, 6) is -0.277. The zero-order chi connectivity index (χ0) is 23.4. The molecule has 0 N–H and O–H groups in total. The Kier molecular flexibility index (Phi) is 5.15. The van der Waals surface area contributed by atoms with E-state index >= 15 is 0 Å². The highest BCUT2D eigenvalue weighted by Crippen LogP contribution is 2.49. The Labute approximate surface area is 203 Å². The highest BCUT2D eigenvalue weighted by molar-refractivity contribution is 6.31. The number of rotatable bonds is 4. The normalized spacial score (nSPS) is 30.4. The molecule has 0 radical (unpaired) electrons. The molecule has 1 aliphatic carbocycles. The van der Waals surface area contributed by atoms with Crippen molar-refractivity contribution >= 4 is 28.5 Å². The zero-order valence-electron chi connectivity index (χ0n) is 19.1. The summed E-state index contributed by atoms with van der Waals surface area (Å²) in [6, 6.07) is 7.96. The Morgan fingerprint density at radius 1 is 1.29 bits per heavy atom. The topological polar surface area (TPSA) is 74.5 Å². The first kappa shape index (κ1) is 21.6. The lowest BCUT2D eigenvalue weighted by Crippen LogP contribution is -2.29. The minimum atomic E-state index is -0.279. The molecule has 3 aromatic rings. The summed E-state index contributed by atoms with van der Waals surface area (Å²) in [4.78, 5) is 12.2. The van der Waals surface area contributed by atoms with Crippen LogP contribution in [0.2, 0.25) is 5.02 Å². The maximum atomic E-state index is 12.2. The van der Waals surface area contributed by atoms with Crippen molar-refractivity contribution in [3.05, 3.63) is 71.2 Å². The number of ether oxygens (including phenoxy) is 2. The molecule has 34 heavy (non-hydrogen) atoms. The van der Waals surface area contributed by atoms with Gasteiger partial charge >= 0.3 is 5.97 Å². The second kappa shape index (κ2) is 8.10. The quantitative estimate of drug-likeness (QED) is 0.235. The van der Waals surface area contributed by atoms with Gasteiger partial charge in [0.25, 0.3) is 0 Å². The number of fused-ring (bicyclic) bond motifs is 4. The molecule has 8 heteroatoms. The molecule has 2 saturated heterocycles. The number of esters is 1. The van der Waals surface area contributed by atoms with E-state index in [2.05, 4.69) is 40.5 Å². The second-order valence-electron chi connectivity index (χ2n) is 9.85. The molecule has 3 aliphatic rings. The summed E-state index contributed by atoms with van der Waals surface area (Å²) >= 11 is 6.11. The van der Waals surface area contributed by atoms with E-state index in [0.717, 1.165) is 47.3 Å². The third kappa shape index (κ3) is 3.87. The average Bonchev–Trinajstić information content (AvgIpc) is 3.10. The van der Waals surface area contributed by atoms with Crippen molar-refractivity contribution in [2.45, 2.75) is 63.5 Å². The summed E-state index contributed by atoms with van der Waals surface area (Å²) in [6.07, 6.45) is 9.63. The lowest BCUT2D eigenvalue weighted by molar-refractivity contribution is -0.140. The minimum Gasteiger partial charge on any atom is -0.455 e. The van der Waals surface area contributed by atoms with Crippen molar-refractivity contribution in [1.82, 2.24) is 19.6 Å². The summed E-state index contributed by atoms with van der Waals surface area (Å²) in [7, 11) is 0. The fourth-order valence-electron chi connectivity index (χ4n) is 5.44. The van der Waals surface area contributed by atoms with Crippen LogP contribution in [-0.2, 0) is 27.4 Å². The number of halogens is 1. The molecule has 4 heterocycles. The van der Waals surface area contributed by atoms with Gasteiger partial charge in [-0.05, 0) is 56.9 Å². The van der Waals surface area contributed by atoms with Crippen LogP contribution in [-0.4, -0.2) is 43.3 Å². The van der Waals surface area contributed by atoms with Gasteiger partial charge in [-0.25, -0.2) is 9.48 Å². The van der Waals surface area contributed by atoms with Crippen LogP contribution in [0.1, 0.15) is 38.3 Å². The van der Waals surface area contributed by atoms with E-state index in [9.17, 15) is 4.79 Å². The molecular weight excluding hydrogens is 452 g/mol. The predicted molar refractivity (Wildman–Crippen MR) is 128 cm³/mol. The molecule has 176 valence electrons. The first-order valence-electron chi connectivity index (χ1n) is 11.8. The van der Waals surface area contributed by atoms with Crippen molar-refractivity contribution in [3.63, 3.8) is 0 Å². The standard InChI is InChI=1S/C26H27ClN4O3/c1-16-21-7-5-17(4-3-10-26(2)24(34-26)23(21)33-25(16)32)13-31-15-20(28-29-31)14-30-11-9-18-12-19(27)6-8-22(18)30/h4,6,8-9,11-12,15,21,23-24H,1,3,5,7,10,13-14H2,2H3/b17-4+/t21-,23-,24-,26+/m0/s1. The van der Waals surface area contributed by atoms with Crippen molar-refractivity contribution < 1.29 is 14.3 Å². The van der Waals surface area contributed by atoms with Gasteiger partial charge in [-0.15, -0.1) is 5.10 Å². The molecule has 0 amide bonds. The number of hydrogen-bond acceptors (Lipinski definition) is 5. The Balaban J connectivity index is 1.17. The van der Waals surface area contributed by atoms with Crippen LogP contribution in [0.15, 0.2) is 60.5 Å². The zero-order valence-corrected chi connectivity index (χ0v) is 19.9. The van der Waals surface area contributed by atoms with Crippen LogP contribution in [0.4, 0.5) is 0 Å². The van der Waals surface area contributed by atoms with Crippen molar-refractivity contribution in [3.8, 4) is 0 Å². The van der Waals surface area contributed by atoms with Gasteiger partial charge in [-0.2, -0.15) is 0 Å². The van der Waals surface area contributed by atoms with E-state index in [1.165, 1.54) is 5.57 Å². The SMILES string of the molecule is C=C1C(=O)O[C@H]2[C@H]1CC/C(Cn1cc(Cn3ccc4cc(Cl)ccc43)nn1)=C\CC[C@@]1(C)O[C@@H]21. The molecule has 2 fully saturated rings. The monoisotopic (exact) mass is 478 g/mol. The summed E-state index contributed by atoms with van der Waals surface area (Å²) < 4.78 is 15.7. The first-order chi connectivity index (χ1) is 16.4. The number of carbonyl (C=O) groups is 1. The van der Waals surface area contributed by atoms with Crippen LogP contribution in [0, 0.1) is 5.92 Å². The van der Waals surface area contributed by atoms with Crippen LogP contribution in [0.5, 0.6) is 0 Å². The lowest BCUT2D eigenvalue weighted by atomic mass is 9.84.